The Labute approximate surface area is 117 Å². The maximum absolute atomic E-state index is 5.83. The van der Waals surface area contributed by atoms with Gasteiger partial charge in [-0.25, -0.2) is 9.97 Å². The number of hydrogen-bond acceptors (Lipinski definition) is 3. The van der Waals surface area contributed by atoms with Crippen LogP contribution in [0.3, 0.4) is 0 Å². The van der Waals surface area contributed by atoms with Crippen LogP contribution in [0.4, 0.5) is 0 Å². The molecule has 0 aliphatic carbocycles. The van der Waals surface area contributed by atoms with Crippen molar-refractivity contribution in [1.29, 1.82) is 0 Å². The Hall–Kier alpha value is -0.840. The largest absolute Gasteiger partial charge is 0.496 e. The SMILES string of the molecule is COc1ccc(-c2nc(Cl)cc(Cl)n2)cc1Br. The maximum Gasteiger partial charge on any atom is 0.162 e. The van der Waals surface area contributed by atoms with E-state index in [1.165, 1.54) is 6.07 Å². The summed E-state index contributed by atoms with van der Waals surface area (Å²) >= 11 is 15.0. The van der Waals surface area contributed by atoms with Gasteiger partial charge in [0.2, 0.25) is 0 Å². The topological polar surface area (TPSA) is 35.0 Å². The molecule has 1 heterocycles. The van der Waals surface area contributed by atoms with Crippen molar-refractivity contribution >= 4 is 39.1 Å². The molecular formula is C11H7BrCl2N2O. The fourth-order valence-electron chi connectivity index (χ4n) is 1.32. The van der Waals surface area contributed by atoms with Gasteiger partial charge >= 0.3 is 0 Å². The average molecular weight is 334 g/mol. The second-order valence-electron chi connectivity index (χ2n) is 3.19. The Morgan fingerprint density at radius 1 is 1.12 bits per heavy atom. The molecule has 0 amide bonds. The standard InChI is InChI=1S/C11H7BrCl2N2O/c1-17-8-3-2-6(4-7(8)12)11-15-9(13)5-10(14)16-11/h2-5H,1H3. The molecule has 0 atom stereocenters. The Morgan fingerprint density at radius 2 is 1.76 bits per heavy atom. The molecule has 88 valence electrons. The van der Waals surface area contributed by atoms with E-state index in [9.17, 15) is 0 Å². The molecule has 3 nitrogen and oxygen atoms in total. The third-order valence-corrected chi connectivity index (χ3v) is 3.08. The molecule has 2 rings (SSSR count). The van der Waals surface area contributed by atoms with Crippen molar-refractivity contribution in [2.24, 2.45) is 0 Å². The van der Waals surface area contributed by atoms with Crippen LogP contribution in [0.25, 0.3) is 11.4 Å². The van der Waals surface area contributed by atoms with Gasteiger partial charge < -0.3 is 4.74 Å². The number of rotatable bonds is 2. The molecule has 0 fully saturated rings. The minimum Gasteiger partial charge on any atom is -0.496 e. The lowest BCUT2D eigenvalue weighted by Gasteiger charge is -2.06. The zero-order chi connectivity index (χ0) is 12.4. The second-order valence-corrected chi connectivity index (χ2v) is 4.82. The number of ether oxygens (including phenoxy) is 1. The first-order valence-corrected chi connectivity index (χ1v) is 6.19. The summed E-state index contributed by atoms with van der Waals surface area (Å²) < 4.78 is 5.96. The summed E-state index contributed by atoms with van der Waals surface area (Å²) in [6.45, 7) is 0. The molecular weight excluding hydrogens is 327 g/mol. The zero-order valence-corrected chi connectivity index (χ0v) is 11.8. The first-order valence-electron chi connectivity index (χ1n) is 4.64. The Morgan fingerprint density at radius 3 is 2.29 bits per heavy atom. The number of halogens is 3. The van der Waals surface area contributed by atoms with E-state index in [0.717, 1.165) is 15.8 Å². The van der Waals surface area contributed by atoms with Gasteiger partial charge in [-0.15, -0.1) is 0 Å². The molecule has 0 N–H and O–H groups in total. The van der Waals surface area contributed by atoms with Crippen LogP contribution in [0.5, 0.6) is 5.75 Å². The van der Waals surface area contributed by atoms with Crippen molar-refractivity contribution in [2.75, 3.05) is 7.11 Å². The van der Waals surface area contributed by atoms with E-state index in [0.29, 0.717) is 16.1 Å². The maximum atomic E-state index is 5.83. The summed E-state index contributed by atoms with van der Waals surface area (Å²) in [4.78, 5) is 8.22. The third-order valence-electron chi connectivity index (χ3n) is 2.07. The summed E-state index contributed by atoms with van der Waals surface area (Å²) in [6, 6.07) is 7.00. The van der Waals surface area contributed by atoms with Gasteiger partial charge in [0.05, 0.1) is 11.6 Å². The molecule has 0 aliphatic heterocycles. The van der Waals surface area contributed by atoms with Crippen molar-refractivity contribution in [3.05, 3.63) is 39.0 Å². The normalized spacial score (nSPS) is 10.4. The number of methoxy groups -OCH3 is 1. The van der Waals surface area contributed by atoms with Gasteiger partial charge in [-0.3, -0.25) is 0 Å². The van der Waals surface area contributed by atoms with E-state index in [1.54, 1.807) is 7.11 Å². The highest BCUT2D eigenvalue weighted by atomic mass is 79.9. The molecule has 0 radical (unpaired) electrons. The zero-order valence-electron chi connectivity index (χ0n) is 8.75. The van der Waals surface area contributed by atoms with Gasteiger partial charge in [-0.1, -0.05) is 23.2 Å². The third kappa shape index (κ3) is 2.89. The lowest BCUT2D eigenvalue weighted by molar-refractivity contribution is 0.412. The van der Waals surface area contributed by atoms with E-state index in [1.807, 2.05) is 18.2 Å². The minimum atomic E-state index is 0.312. The first-order chi connectivity index (χ1) is 8.10. The molecule has 1 aromatic carbocycles. The smallest absolute Gasteiger partial charge is 0.162 e. The second kappa shape index (κ2) is 5.21. The summed E-state index contributed by atoms with van der Waals surface area (Å²) in [5.41, 5.74) is 0.807. The lowest BCUT2D eigenvalue weighted by Crippen LogP contribution is -1.91. The van der Waals surface area contributed by atoms with Gasteiger partial charge in [0.25, 0.3) is 0 Å². The predicted octanol–water partition coefficient (Wildman–Crippen LogP) is 4.22. The van der Waals surface area contributed by atoms with Gasteiger partial charge in [0, 0.05) is 11.6 Å². The van der Waals surface area contributed by atoms with Crippen LogP contribution in [0.2, 0.25) is 10.3 Å². The quantitative estimate of drug-likeness (QED) is 0.772. The van der Waals surface area contributed by atoms with E-state index in [4.69, 9.17) is 27.9 Å². The predicted molar refractivity (Wildman–Crippen MR) is 71.7 cm³/mol. The first kappa shape index (κ1) is 12.6. The van der Waals surface area contributed by atoms with E-state index < -0.39 is 0 Å². The molecule has 2 aromatic rings. The monoisotopic (exact) mass is 332 g/mol. The number of benzene rings is 1. The molecule has 0 unspecified atom stereocenters. The van der Waals surface area contributed by atoms with Gasteiger partial charge in [0.1, 0.15) is 16.1 Å². The van der Waals surface area contributed by atoms with E-state index >= 15 is 0 Å². The molecule has 6 heteroatoms. The number of aromatic nitrogens is 2. The van der Waals surface area contributed by atoms with Gasteiger partial charge in [0.15, 0.2) is 5.82 Å². The van der Waals surface area contributed by atoms with Gasteiger partial charge in [-0.05, 0) is 34.1 Å². The molecule has 1 aromatic heterocycles. The van der Waals surface area contributed by atoms with Crippen LogP contribution in [0.15, 0.2) is 28.7 Å². The highest BCUT2D eigenvalue weighted by molar-refractivity contribution is 9.10. The van der Waals surface area contributed by atoms with Crippen molar-refractivity contribution < 1.29 is 4.74 Å². The number of hydrogen-bond donors (Lipinski definition) is 0. The molecule has 0 saturated carbocycles. The Bertz CT molecular complexity index is 543. The summed E-state index contributed by atoms with van der Waals surface area (Å²) in [7, 11) is 1.60. The van der Waals surface area contributed by atoms with Crippen molar-refractivity contribution in [3.8, 4) is 17.1 Å². The molecule has 0 aliphatic rings. The van der Waals surface area contributed by atoms with E-state index in [-0.39, 0.29) is 0 Å². The fourth-order valence-corrected chi connectivity index (χ4v) is 2.29. The van der Waals surface area contributed by atoms with Crippen molar-refractivity contribution in [1.82, 2.24) is 9.97 Å². The van der Waals surface area contributed by atoms with Crippen LogP contribution in [-0.4, -0.2) is 17.1 Å². The highest BCUT2D eigenvalue weighted by Gasteiger charge is 2.07. The summed E-state index contributed by atoms with van der Waals surface area (Å²) in [6.07, 6.45) is 0. The van der Waals surface area contributed by atoms with Crippen LogP contribution in [0, 0.1) is 0 Å². The van der Waals surface area contributed by atoms with Crippen molar-refractivity contribution in [3.63, 3.8) is 0 Å². The molecule has 0 bridgehead atoms. The average Bonchev–Trinajstić information content (AvgIpc) is 2.27. The van der Waals surface area contributed by atoms with Crippen LogP contribution >= 0.6 is 39.1 Å². The lowest BCUT2D eigenvalue weighted by atomic mass is 10.2. The molecule has 0 spiro atoms. The Balaban J connectivity index is 2.49. The van der Waals surface area contributed by atoms with Crippen LogP contribution < -0.4 is 4.74 Å². The fraction of sp³-hybridized carbons (Fsp3) is 0.0909. The highest BCUT2D eigenvalue weighted by Crippen LogP contribution is 2.30. The van der Waals surface area contributed by atoms with Crippen LogP contribution in [0.1, 0.15) is 0 Å². The van der Waals surface area contributed by atoms with E-state index in [2.05, 4.69) is 25.9 Å². The minimum absolute atomic E-state index is 0.312. The number of nitrogens with zero attached hydrogens (tertiary/aromatic N) is 2. The van der Waals surface area contributed by atoms with Gasteiger partial charge in [-0.2, -0.15) is 0 Å². The molecule has 17 heavy (non-hydrogen) atoms. The molecule has 0 saturated heterocycles. The summed E-state index contributed by atoms with van der Waals surface area (Å²) in [5.74, 6) is 1.22. The van der Waals surface area contributed by atoms with Crippen molar-refractivity contribution in [2.45, 2.75) is 0 Å². The van der Waals surface area contributed by atoms with Crippen LogP contribution in [-0.2, 0) is 0 Å². The Kier molecular flexibility index (Phi) is 3.86. The summed E-state index contributed by atoms with van der Waals surface area (Å²) in [5, 5.41) is 0.624.